The van der Waals surface area contributed by atoms with Crippen LogP contribution < -0.4 is 5.73 Å². The summed E-state index contributed by atoms with van der Waals surface area (Å²) in [5.41, 5.74) is 7.18. The van der Waals surface area contributed by atoms with Gasteiger partial charge in [0.15, 0.2) is 0 Å². The Labute approximate surface area is 79.7 Å². The number of hydrogen-bond acceptors (Lipinski definition) is 2. The molecular weight excluding hydrogens is 222 g/mol. The van der Waals surface area contributed by atoms with E-state index in [1.165, 1.54) is 14.2 Å². The maximum atomic E-state index is 5.89. The second-order valence-corrected chi connectivity index (χ2v) is 5.21. The summed E-state index contributed by atoms with van der Waals surface area (Å²) in [6.45, 7) is 4.22. The molecule has 3 heteroatoms. The molecule has 0 amide bonds. The molecule has 1 atom stereocenters. The summed E-state index contributed by atoms with van der Waals surface area (Å²) in [7, 11) is 0. The van der Waals surface area contributed by atoms with Gasteiger partial charge in [-0.25, -0.2) is 0 Å². The van der Waals surface area contributed by atoms with E-state index in [4.69, 9.17) is 5.73 Å². The maximum absolute atomic E-state index is 5.89. The van der Waals surface area contributed by atoms with E-state index in [0.717, 1.165) is 6.42 Å². The van der Waals surface area contributed by atoms with Gasteiger partial charge in [-0.3, -0.25) is 0 Å². The van der Waals surface area contributed by atoms with E-state index >= 15 is 0 Å². The fourth-order valence-electron chi connectivity index (χ4n) is 1.05. The number of thiophene rings is 1. The highest BCUT2D eigenvalue weighted by atomic mass is 79.9. The molecular formula is C8H12BrNS. The topological polar surface area (TPSA) is 26.0 Å². The summed E-state index contributed by atoms with van der Waals surface area (Å²) in [5, 5.41) is 0. The van der Waals surface area contributed by atoms with Gasteiger partial charge in [0.2, 0.25) is 0 Å². The molecule has 0 unspecified atom stereocenters. The predicted molar refractivity (Wildman–Crippen MR) is 54.0 cm³/mol. The molecule has 1 heterocycles. The Morgan fingerprint density at radius 3 is 2.73 bits per heavy atom. The summed E-state index contributed by atoms with van der Waals surface area (Å²) in [4.78, 5) is 1.33. The zero-order valence-electron chi connectivity index (χ0n) is 6.73. The average Bonchev–Trinajstić information content (AvgIpc) is 2.28. The number of aryl methyl sites for hydroxylation is 1. The quantitative estimate of drug-likeness (QED) is 0.835. The minimum absolute atomic E-state index is 0.206. The monoisotopic (exact) mass is 233 g/mol. The van der Waals surface area contributed by atoms with Crippen LogP contribution in [0.1, 0.15) is 29.8 Å². The molecule has 0 aromatic carbocycles. The Morgan fingerprint density at radius 2 is 2.36 bits per heavy atom. The van der Waals surface area contributed by atoms with E-state index in [0.29, 0.717) is 0 Å². The summed E-state index contributed by atoms with van der Waals surface area (Å²) >= 11 is 5.19. The van der Waals surface area contributed by atoms with E-state index in [1.54, 1.807) is 11.3 Å². The molecule has 0 fully saturated rings. The Morgan fingerprint density at radius 1 is 1.73 bits per heavy atom. The van der Waals surface area contributed by atoms with E-state index < -0.39 is 0 Å². The smallest absolute Gasteiger partial charge is 0.0704 e. The van der Waals surface area contributed by atoms with Crippen LogP contribution in [0.2, 0.25) is 0 Å². The van der Waals surface area contributed by atoms with Crippen LogP contribution in [0.25, 0.3) is 0 Å². The SMILES string of the molecule is CC[C@@H](N)c1cc(Br)sc1C. The van der Waals surface area contributed by atoms with Crippen LogP contribution in [-0.4, -0.2) is 0 Å². The van der Waals surface area contributed by atoms with Crippen LogP contribution in [-0.2, 0) is 0 Å². The van der Waals surface area contributed by atoms with Gasteiger partial charge in [-0.15, -0.1) is 11.3 Å². The summed E-state index contributed by atoms with van der Waals surface area (Å²) in [6.07, 6.45) is 1.00. The van der Waals surface area contributed by atoms with Crippen LogP contribution in [0.4, 0.5) is 0 Å². The van der Waals surface area contributed by atoms with Gasteiger partial charge in [-0.2, -0.15) is 0 Å². The van der Waals surface area contributed by atoms with Gasteiger partial charge < -0.3 is 5.73 Å². The molecule has 0 aliphatic heterocycles. The zero-order valence-corrected chi connectivity index (χ0v) is 9.13. The molecule has 0 aliphatic rings. The number of halogens is 1. The molecule has 1 aromatic heterocycles. The first-order valence-corrected chi connectivity index (χ1v) is 5.27. The van der Waals surface area contributed by atoms with Crippen LogP contribution in [0.5, 0.6) is 0 Å². The van der Waals surface area contributed by atoms with Gasteiger partial charge in [0.25, 0.3) is 0 Å². The van der Waals surface area contributed by atoms with Gasteiger partial charge in [0, 0.05) is 10.9 Å². The normalized spacial score (nSPS) is 13.5. The number of hydrogen-bond donors (Lipinski definition) is 1. The Balaban J connectivity index is 2.93. The van der Waals surface area contributed by atoms with Crippen LogP contribution in [0.3, 0.4) is 0 Å². The van der Waals surface area contributed by atoms with Crippen molar-refractivity contribution in [1.29, 1.82) is 0 Å². The van der Waals surface area contributed by atoms with Crippen molar-refractivity contribution in [2.75, 3.05) is 0 Å². The van der Waals surface area contributed by atoms with Crippen molar-refractivity contribution in [2.24, 2.45) is 5.73 Å². The largest absolute Gasteiger partial charge is 0.324 e. The van der Waals surface area contributed by atoms with E-state index in [-0.39, 0.29) is 6.04 Å². The van der Waals surface area contributed by atoms with Crippen molar-refractivity contribution in [3.05, 3.63) is 20.3 Å². The highest BCUT2D eigenvalue weighted by molar-refractivity contribution is 9.11. The minimum Gasteiger partial charge on any atom is -0.324 e. The first kappa shape index (κ1) is 9.23. The zero-order chi connectivity index (χ0) is 8.43. The lowest BCUT2D eigenvalue weighted by atomic mass is 10.1. The van der Waals surface area contributed by atoms with Crippen LogP contribution >= 0.6 is 27.3 Å². The van der Waals surface area contributed by atoms with Gasteiger partial charge in [0.05, 0.1) is 3.79 Å². The third kappa shape index (κ3) is 2.04. The van der Waals surface area contributed by atoms with Gasteiger partial charge in [-0.05, 0) is 40.9 Å². The predicted octanol–water partition coefficient (Wildman–Crippen LogP) is 3.23. The van der Waals surface area contributed by atoms with Gasteiger partial charge in [-0.1, -0.05) is 6.92 Å². The highest BCUT2D eigenvalue weighted by Gasteiger charge is 2.09. The highest BCUT2D eigenvalue weighted by Crippen LogP contribution is 2.30. The summed E-state index contributed by atoms with van der Waals surface area (Å²) in [5.74, 6) is 0. The lowest BCUT2D eigenvalue weighted by Gasteiger charge is -2.06. The third-order valence-corrected chi connectivity index (χ3v) is 3.33. The molecule has 1 nitrogen and oxygen atoms in total. The van der Waals surface area contributed by atoms with E-state index in [1.807, 2.05) is 0 Å². The second kappa shape index (κ2) is 3.70. The van der Waals surface area contributed by atoms with Crippen LogP contribution in [0.15, 0.2) is 9.85 Å². The van der Waals surface area contributed by atoms with Crippen molar-refractivity contribution < 1.29 is 0 Å². The second-order valence-electron chi connectivity index (χ2n) is 2.58. The fourth-order valence-corrected chi connectivity index (χ4v) is 2.83. The lowest BCUT2D eigenvalue weighted by molar-refractivity contribution is 0.697. The van der Waals surface area contributed by atoms with Crippen molar-refractivity contribution in [3.8, 4) is 0 Å². The van der Waals surface area contributed by atoms with Crippen LogP contribution in [0, 0.1) is 6.92 Å². The van der Waals surface area contributed by atoms with Crippen molar-refractivity contribution in [3.63, 3.8) is 0 Å². The Kier molecular flexibility index (Phi) is 3.10. The molecule has 1 rings (SSSR count). The molecule has 0 radical (unpaired) electrons. The summed E-state index contributed by atoms with van der Waals surface area (Å²) in [6, 6.07) is 2.33. The van der Waals surface area contributed by atoms with E-state index in [2.05, 4.69) is 35.8 Å². The number of nitrogens with two attached hydrogens (primary N) is 1. The maximum Gasteiger partial charge on any atom is 0.0704 e. The molecule has 1 aromatic rings. The average molecular weight is 234 g/mol. The molecule has 11 heavy (non-hydrogen) atoms. The standard InChI is InChI=1S/C8H12BrNS/c1-3-7(10)6-4-8(9)11-5(6)2/h4,7H,3,10H2,1-2H3/t7-/m1/s1. The summed E-state index contributed by atoms with van der Waals surface area (Å²) < 4.78 is 1.17. The minimum atomic E-state index is 0.206. The lowest BCUT2D eigenvalue weighted by Crippen LogP contribution is -2.08. The van der Waals surface area contributed by atoms with E-state index in [9.17, 15) is 0 Å². The van der Waals surface area contributed by atoms with Gasteiger partial charge in [0.1, 0.15) is 0 Å². The van der Waals surface area contributed by atoms with Gasteiger partial charge >= 0.3 is 0 Å². The first-order chi connectivity index (χ1) is 5.15. The number of rotatable bonds is 2. The van der Waals surface area contributed by atoms with Crippen molar-refractivity contribution in [2.45, 2.75) is 26.3 Å². The molecule has 2 N–H and O–H groups in total. The molecule has 0 aliphatic carbocycles. The molecule has 0 bridgehead atoms. The molecule has 0 saturated heterocycles. The molecule has 62 valence electrons. The van der Waals surface area contributed by atoms with Crippen molar-refractivity contribution >= 4 is 27.3 Å². The Hall–Kier alpha value is 0.140. The van der Waals surface area contributed by atoms with Crippen molar-refractivity contribution in [1.82, 2.24) is 0 Å². The Bertz CT molecular complexity index is 244. The molecule has 0 spiro atoms. The molecule has 0 saturated carbocycles. The third-order valence-electron chi connectivity index (χ3n) is 1.77. The fraction of sp³-hybridized carbons (Fsp3) is 0.500. The first-order valence-electron chi connectivity index (χ1n) is 3.66.